The smallest absolute Gasteiger partial charge is 0.161 e. The minimum atomic E-state index is 0.337. The summed E-state index contributed by atoms with van der Waals surface area (Å²) in [6, 6.07) is 8.80. The molecule has 0 bridgehead atoms. The minimum Gasteiger partial charge on any atom is -0.493 e. The summed E-state index contributed by atoms with van der Waals surface area (Å²) in [7, 11) is 1.54. The van der Waals surface area contributed by atoms with Crippen LogP contribution in [0.4, 0.5) is 0 Å². The fourth-order valence-electron chi connectivity index (χ4n) is 1.52. The van der Waals surface area contributed by atoms with Gasteiger partial charge in [-0.2, -0.15) is 0 Å². The Kier molecular flexibility index (Phi) is 4.52. The van der Waals surface area contributed by atoms with Crippen molar-refractivity contribution in [3.63, 3.8) is 0 Å². The molecule has 4 nitrogen and oxygen atoms in total. The highest BCUT2D eigenvalue weighted by Gasteiger charge is 2.06. The second-order valence-corrected chi connectivity index (χ2v) is 4.70. The van der Waals surface area contributed by atoms with Gasteiger partial charge in [0.15, 0.2) is 11.5 Å². The van der Waals surface area contributed by atoms with Gasteiger partial charge in [0.1, 0.15) is 12.9 Å². The zero-order valence-electron chi connectivity index (χ0n) is 10.3. The number of hydrogen-bond donors (Lipinski definition) is 0. The Morgan fingerprint density at radius 1 is 1.26 bits per heavy atom. The number of halogens is 1. The van der Waals surface area contributed by atoms with E-state index < -0.39 is 0 Å². The lowest BCUT2D eigenvalue weighted by molar-refractivity contribution is 0.112. The number of hydrogen-bond acceptors (Lipinski definition) is 4. The number of ether oxygens (including phenoxy) is 2. The van der Waals surface area contributed by atoms with E-state index >= 15 is 0 Å². The van der Waals surface area contributed by atoms with Crippen molar-refractivity contribution in [2.24, 2.45) is 0 Å². The summed E-state index contributed by atoms with van der Waals surface area (Å²) in [4.78, 5) is 14.9. The van der Waals surface area contributed by atoms with E-state index in [0.717, 1.165) is 16.5 Å². The summed E-state index contributed by atoms with van der Waals surface area (Å²) >= 11 is 3.32. The molecule has 0 saturated heterocycles. The van der Waals surface area contributed by atoms with Gasteiger partial charge in [-0.05, 0) is 46.3 Å². The summed E-state index contributed by atoms with van der Waals surface area (Å²) in [5.41, 5.74) is 1.36. The average Bonchev–Trinajstić information content (AvgIpc) is 2.46. The topological polar surface area (TPSA) is 48.4 Å². The number of aldehydes is 1. The molecule has 0 unspecified atom stereocenters. The van der Waals surface area contributed by atoms with Crippen LogP contribution < -0.4 is 9.47 Å². The van der Waals surface area contributed by atoms with E-state index in [-0.39, 0.29) is 0 Å². The molecule has 98 valence electrons. The van der Waals surface area contributed by atoms with Crippen molar-refractivity contribution in [2.75, 3.05) is 7.11 Å². The van der Waals surface area contributed by atoms with Crippen molar-refractivity contribution in [2.45, 2.75) is 6.61 Å². The Morgan fingerprint density at radius 3 is 2.74 bits per heavy atom. The normalized spacial score (nSPS) is 10.0. The third-order valence-corrected chi connectivity index (χ3v) is 2.96. The van der Waals surface area contributed by atoms with Gasteiger partial charge < -0.3 is 9.47 Å². The Balaban J connectivity index is 2.10. The van der Waals surface area contributed by atoms with Crippen molar-refractivity contribution < 1.29 is 14.3 Å². The van der Waals surface area contributed by atoms with Crippen molar-refractivity contribution >= 4 is 22.2 Å². The van der Waals surface area contributed by atoms with Crippen molar-refractivity contribution in [3.05, 3.63) is 52.3 Å². The molecule has 1 aromatic heterocycles. The number of benzene rings is 1. The first-order valence-corrected chi connectivity index (χ1v) is 6.38. The molecule has 19 heavy (non-hydrogen) atoms. The summed E-state index contributed by atoms with van der Waals surface area (Å²) in [6.07, 6.45) is 2.48. The van der Waals surface area contributed by atoms with Crippen molar-refractivity contribution in [1.29, 1.82) is 0 Å². The molecule has 0 amide bonds. The average molecular weight is 322 g/mol. The minimum absolute atomic E-state index is 0.337. The molecule has 0 atom stereocenters. The van der Waals surface area contributed by atoms with E-state index in [9.17, 15) is 4.79 Å². The predicted molar refractivity (Wildman–Crippen MR) is 74.7 cm³/mol. The Bertz CT molecular complexity index is 569. The van der Waals surface area contributed by atoms with Gasteiger partial charge in [0.05, 0.1) is 12.8 Å². The van der Waals surface area contributed by atoms with Gasteiger partial charge >= 0.3 is 0 Å². The van der Waals surface area contributed by atoms with E-state index in [1.165, 1.54) is 7.11 Å². The number of nitrogens with zero attached hydrogens (tertiary/aromatic N) is 1. The summed E-state index contributed by atoms with van der Waals surface area (Å²) in [5, 5.41) is 0. The quantitative estimate of drug-likeness (QED) is 0.793. The van der Waals surface area contributed by atoms with Crippen LogP contribution in [0.5, 0.6) is 11.5 Å². The Labute approximate surface area is 119 Å². The molecule has 0 aliphatic carbocycles. The number of carbonyl (C=O) groups excluding carboxylic acids is 1. The molecule has 1 aromatic carbocycles. The van der Waals surface area contributed by atoms with Gasteiger partial charge in [-0.1, -0.05) is 0 Å². The van der Waals surface area contributed by atoms with E-state index in [1.807, 2.05) is 12.1 Å². The van der Waals surface area contributed by atoms with Gasteiger partial charge in [0, 0.05) is 16.2 Å². The van der Waals surface area contributed by atoms with E-state index in [4.69, 9.17) is 9.47 Å². The predicted octanol–water partition coefficient (Wildman–Crippen LogP) is 3.24. The van der Waals surface area contributed by atoms with Gasteiger partial charge in [0.25, 0.3) is 0 Å². The lowest BCUT2D eigenvalue weighted by atomic mass is 10.2. The highest BCUT2D eigenvalue weighted by atomic mass is 79.9. The first-order chi connectivity index (χ1) is 9.22. The highest BCUT2D eigenvalue weighted by Crippen LogP contribution is 2.28. The third-order valence-electron chi connectivity index (χ3n) is 2.49. The summed E-state index contributed by atoms with van der Waals surface area (Å²) < 4.78 is 11.7. The third kappa shape index (κ3) is 3.54. The standard InChI is InChI=1S/C14H12BrNO3/c1-18-14-6-10(8-17)2-5-13(14)19-9-12-4-3-11(15)7-16-12/h2-8H,9H2,1H3. The lowest BCUT2D eigenvalue weighted by Gasteiger charge is -2.10. The molecule has 2 aromatic rings. The lowest BCUT2D eigenvalue weighted by Crippen LogP contribution is -2.00. The highest BCUT2D eigenvalue weighted by molar-refractivity contribution is 9.10. The molecule has 1 heterocycles. The van der Waals surface area contributed by atoms with Crippen LogP contribution in [0.2, 0.25) is 0 Å². The molecular formula is C14H12BrNO3. The zero-order chi connectivity index (χ0) is 13.7. The van der Waals surface area contributed by atoms with E-state index in [0.29, 0.717) is 23.7 Å². The maximum atomic E-state index is 10.7. The van der Waals surface area contributed by atoms with Crippen molar-refractivity contribution in [1.82, 2.24) is 4.98 Å². The van der Waals surface area contributed by atoms with E-state index in [2.05, 4.69) is 20.9 Å². The zero-order valence-corrected chi connectivity index (χ0v) is 11.9. The number of carbonyl (C=O) groups is 1. The maximum absolute atomic E-state index is 10.7. The number of aromatic nitrogens is 1. The van der Waals surface area contributed by atoms with Gasteiger partial charge in [-0.15, -0.1) is 0 Å². The molecule has 0 aliphatic rings. The molecule has 0 aliphatic heterocycles. The monoisotopic (exact) mass is 321 g/mol. The second kappa shape index (κ2) is 6.33. The molecule has 2 rings (SSSR count). The molecule has 5 heteroatoms. The molecule has 0 saturated carbocycles. The summed E-state index contributed by atoms with van der Waals surface area (Å²) in [5.74, 6) is 1.11. The Hall–Kier alpha value is -1.88. The molecule has 0 radical (unpaired) electrons. The number of rotatable bonds is 5. The maximum Gasteiger partial charge on any atom is 0.161 e. The molecule has 0 N–H and O–H groups in total. The number of methoxy groups -OCH3 is 1. The van der Waals surface area contributed by atoms with Crippen LogP contribution in [-0.4, -0.2) is 18.4 Å². The second-order valence-electron chi connectivity index (χ2n) is 3.78. The van der Waals surface area contributed by atoms with Crippen LogP contribution in [0.1, 0.15) is 16.1 Å². The van der Waals surface area contributed by atoms with Crippen LogP contribution in [0, 0.1) is 0 Å². The van der Waals surface area contributed by atoms with E-state index in [1.54, 1.807) is 24.4 Å². The van der Waals surface area contributed by atoms with Crippen molar-refractivity contribution in [3.8, 4) is 11.5 Å². The van der Waals surface area contributed by atoms with Crippen LogP contribution in [-0.2, 0) is 6.61 Å². The van der Waals surface area contributed by atoms with Crippen LogP contribution in [0.15, 0.2) is 41.0 Å². The first-order valence-electron chi connectivity index (χ1n) is 5.59. The fourth-order valence-corrected chi connectivity index (χ4v) is 1.75. The fraction of sp³-hybridized carbons (Fsp3) is 0.143. The van der Waals surface area contributed by atoms with Gasteiger partial charge in [-0.3, -0.25) is 9.78 Å². The van der Waals surface area contributed by atoms with Crippen LogP contribution in [0.25, 0.3) is 0 Å². The van der Waals surface area contributed by atoms with Gasteiger partial charge in [-0.25, -0.2) is 0 Å². The van der Waals surface area contributed by atoms with Crippen LogP contribution in [0.3, 0.4) is 0 Å². The first kappa shape index (κ1) is 13.5. The largest absolute Gasteiger partial charge is 0.493 e. The summed E-state index contributed by atoms with van der Waals surface area (Å²) in [6.45, 7) is 0.337. The molecule has 0 fully saturated rings. The Morgan fingerprint density at radius 2 is 2.11 bits per heavy atom. The molecular weight excluding hydrogens is 310 g/mol. The number of pyridine rings is 1. The van der Waals surface area contributed by atoms with Gasteiger partial charge in [0.2, 0.25) is 0 Å². The SMILES string of the molecule is COc1cc(C=O)ccc1OCc1ccc(Br)cn1. The molecule has 0 spiro atoms. The van der Waals surface area contributed by atoms with Crippen LogP contribution >= 0.6 is 15.9 Å².